The van der Waals surface area contributed by atoms with Crippen molar-refractivity contribution >= 4 is 11.6 Å². The summed E-state index contributed by atoms with van der Waals surface area (Å²) >= 11 is 5.92. The van der Waals surface area contributed by atoms with Gasteiger partial charge in [-0.25, -0.2) is 0 Å². The number of aryl methyl sites for hydroxylation is 1. The van der Waals surface area contributed by atoms with Crippen LogP contribution in [0.15, 0.2) is 23.3 Å². The first-order valence-electron chi connectivity index (χ1n) is 5.10. The molecule has 5 heteroatoms. The number of aliphatic hydroxyl groups excluding tert-OH is 1. The number of benzene rings is 1. The number of nitrogens with zero attached hydrogens (tertiary/aromatic N) is 3. The fraction of sp³-hybridized carbons (Fsp3) is 0.455. The highest BCUT2D eigenvalue weighted by molar-refractivity contribution is 6.31. The Balaban J connectivity index is 2.91. The molecular formula is C11H14ClN3O. The summed E-state index contributed by atoms with van der Waals surface area (Å²) in [6.07, 6.45) is 1.26. The molecule has 0 amide bonds. The van der Waals surface area contributed by atoms with Crippen LogP contribution < -0.4 is 0 Å². The zero-order valence-corrected chi connectivity index (χ0v) is 9.85. The van der Waals surface area contributed by atoms with Gasteiger partial charge < -0.3 is 5.11 Å². The van der Waals surface area contributed by atoms with Crippen LogP contribution in [0.4, 0.5) is 0 Å². The lowest BCUT2D eigenvalue weighted by molar-refractivity contribution is 0.280. The Bertz CT molecular complexity index is 402. The summed E-state index contributed by atoms with van der Waals surface area (Å²) in [5, 5.41) is 13.2. The average Bonchev–Trinajstić information content (AvgIpc) is 2.28. The van der Waals surface area contributed by atoms with Gasteiger partial charge in [-0.15, -0.1) is 0 Å². The molecule has 0 spiro atoms. The molecule has 0 bridgehead atoms. The maximum atomic E-state index is 8.77. The summed E-state index contributed by atoms with van der Waals surface area (Å²) in [4.78, 5) is 2.83. The summed E-state index contributed by atoms with van der Waals surface area (Å²) in [6.45, 7) is 2.01. The normalized spacial score (nSPS) is 11.9. The molecular weight excluding hydrogens is 226 g/mol. The van der Waals surface area contributed by atoms with Crippen LogP contribution in [0, 0.1) is 6.92 Å². The van der Waals surface area contributed by atoms with Gasteiger partial charge in [-0.2, -0.15) is 0 Å². The first-order chi connectivity index (χ1) is 7.69. The van der Waals surface area contributed by atoms with Crippen LogP contribution in [0.3, 0.4) is 0 Å². The Morgan fingerprint density at radius 1 is 1.56 bits per heavy atom. The number of halogens is 1. The highest BCUT2D eigenvalue weighted by Gasteiger charge is 2.10. The van der Waals surface area contributed by atoms with Crippen LogP contribution in [0.2, 0.25) is 5.02 Å². The lowest BCUT2D eigenvalue weighted by atomic mass is 10.0. The van der Waals surface area contributed by atoms with Gasteiger partial charge in [0, 0.05) is 16.5 Å². The number of azide groups is 1. The first-order valence-corrected chi connectivity index (χ1v) is 5.48. The minimum atomic E-state index is -0.229. The molecule has 0 radical (unpaired) electrons. The van der Waals surface area contributed by atoms with Gasteiger partial charge in [-0.3, -0.25) is 0 Å². The summed E-state index contributed by atoms with van der Waals surface area (Å²) in [7, 11) is 0. The minimum absolute atomic E-state index is 0.101. The van der Waals surface area contributed by atoms with E-state index in [2.05, 4.69) is 10.0 Å². The molecule has 0 heterocycles. The second-order valence-electron chi connectivity index (χ2n) is 3.60. The van der Waals surface area contributed by atoms with Gasteiger partial charge in [0.2, 0.25) is 0 Å². The fourth-order valence-electron chi connectivity index (χ4n) is 1.51. The van der Waals surface area contributed by atoms with E-state index in [0.29, 0.717) is 17.9 Å². The topological polar surface area (TPSA) is 69.0 Å². The molecule has 0 aromatic heterocycles. The monoisotopic (exact) mass is 239 g/mol. The van der Waals surface area contributed by atoms with Crippen molar-refractivity contribution in [2.24, 2.45) is 5.11 Å². The molecule has 0 aliphatic heterocycles. The third-order valence-electron chi connectivity index (χ3n) is 2.39. The Kier molecular flexibility index (Phi) is 5.12. The minimum Gasteiger partial charge on any atom is -0.396 e. The van der Waals surface area contributed by atoms with Crippen LogP contribution in [0.1, 0.15) is 30.0 Å². The molecule has 0 aliphatic carbocycles. The van der Waals surface area contributed by atoms with Crippen molar-refractivity contribution in [2.75, 3.05) is 6.61 Å². The molecule has 86 valence electrons. The Morgan fingerprint density at radius 2 is 2.31 bits per heavy atom. The van der Waals surface area contributed by atoms with Crippen LogP contribution in [-0.2, 0) is 0 Å². The summed E-state index contributed by atoms with van der Waals surface area (Å²) < 4.78 is 0. The average molecular weight is 240 g/mol. The van der Waals surface area contributed by atoms with Crippen LogP contribution in [0.5, 0.6) is 0 Å². The third-order valence-corrected chi connectivity index (χ3v) is 2.82. The first kappa shape index (κ1) is 12.8. The Hall–Kier alpha value is -1.22. The third kappa shape index (κ3) is 3.42. The van der Waals surface area contributed by atoms with Gasteiger partial charge in [0.05, 0.1) is 6.04 Å². The van der Waals surface area contributed by atoms with Crippen molar-refractivity contribution in [3.8, 4) is 0 Å². The molecule has 0 fully saturated rings. The Morgan fingerprint density at radius 3 is 2.88 bits per heavy atom. The molecule has 1 N–H and O–H groups in total. The zero-order valence-electron chi connectivity index (χ0n) is 9.10. The van der Waals surface area contributed by atoms with E-state index < -0.39 is 0 Å². The van der Waals surface area contributed by atoms with Crippen molar-refractivity contribution in [1.82, 2.24) is 0 Å². The zero-order chi connectivity index (χ0) is 12.0. The van der Waals surface area contributed by atoms with Crippen molar-refractivity contribution in [1.29, 1.82) is 0 Å². The number of hydrogen-bond acceptors (Lipinski definition) is 2. The second-order valence-corrected chi connectivity index (χ2v) is 4.00. The second kappa shape index (κ2) is 6.38. The van der Waals surface area contributed by atoms with E-state index in [4.69, 9.17) is 22.2 Å². The molecule has 16 heavy (non-hydrogen) atoms. The number of rotatable bonds is 5. The van der Waals surface area contributed by atoms with Crippen LogP contribution >= 0.6 is 11.6 Å². The van der Waals surface area contributed by atoms with E-state index in [-0.39, 0.29) is 12.6 Å². The van der Waals surface area contributed by atoms with Crippen molar-refractivity contribution in [3.05, 3.63) is 44.8 Å². The largest absolute Gasteiger partial charge is 0.396 e. The smallest absolute Gasteiger partial charge is 0.0626 e. The molecule has 1 aromatic carbocycles. The van der Waals surface area contributed by atoms with Gasteiger partial charge in [0.25, 0.3) is 0 Å². The lowest BCUT2D eigenvalue weighted by Crippen LogP contribution is -1.97. The van der Waals surface area contributed by atoms with Crippen LogP contribution in [-0.4, -0.2) is 11.7 Å². The van der Waals surface area contributed by atoms with E-state index in [1.165, 1.54) is 0 Å². The van der Waals surface area contributed by atoms with E-state index in [1.807, 2.05) is 19.1 Å². The van der Waals surface area contributed by atoms with Gasteiger partial charge in [-0.05, 0) is 42.5 Å². The highest BCUT2D eigenvalue weighted by atomic mass is 35.5. The molecule has 1 atom stereocenters. The van der Waals surface area contributed by atoms with Crippen LogP contribution in [0.25, 0.3) is 10.4 Å². The standard InChI is InChI=1S/C11H14ClN3O/c1-8-7-9(4-5-10(8)12)11(14-15-13)3-2-6-16/h4-5,7,11,16H,2-3,6H2,1H3. The quantitative estimate of drug-likeness (QED) is 0.474. The SMILES string of the molecule is Cc1cc(C(CCCO)N=[N+]=[N-])ccc1Cl. The van der Waals surface area contributed by atoms with E-state index >= 15 is 0 Å². The molecule has 1 aromatic rings. The molecule has 0 saturated carbocycles. The van der Waals surface area contributed by atoms with Crippen molar-refractivity contribution < 1.29 is 5.11 Å². The molecule has 1 rings (SSSR count). The molecule has 1 unspecified atom stereocenters. The Labute approximate surface area is 99.5 Å². The van der Waals surface area contributed by atoms with Gasteiger partial charge in [0.15, 0.2) is 0 Å². The van der Waals surface area contributed by atoms with E-state index in [0.717, 1.165) is 11.1 Å². The fourth-order valence-corrected chi connectivity index (χ4v) is 1.63. The highest BCUT2D eigenvalue weighted by Crippen LogP contribution is 2.26. The number of hydrogen-bond donors (Lipinski definition) is 1. The van der Waals surface area contributed by atoms with Gasteiger partial charge >= 0.3 is 0 Å². The lowest BCUT2D eigenvalue weighted by Gasteiger charge is -2.11. The van der Waals surface area contributed by atoms with Crippen molar-refractivity contribution in [3.63, 3.8) is 0 Å². The summed E-state index contributed by atoms with van der Waals surface area (Å²) in [5.41, 5.74) is 10.4. The predicted octanol–water partition coefficient (Wildman–Crippen LogP) is 3.77. The summed E-state index contributed by atoms with van der Waals surface area (Å²) in [5.74, 6) is 0. The maximum Gasteiger partial charge on any atom is 0.0626 e. The van der Waals surface area contributed by atoms with E-state index in [9.17, 15) is 0 Å². The molecule has 0 saturated heterocycles. The van der Waals surface area contributed by atoms with Crippen molar-refractivity contribution in [2.45, 2.75) is 25.8 Å². The van der Waals surface area contributed by atoms with Gasteiger partial charge in [-0.1, -0.05) is 28.8 Å². The van der Waals surface area contributed by atoms with Gasteiger partial charge in [0.1, 0.15) is 0 Å². The molecule has 4 nitrogen and oxygen atoms in total. The number of aliphatic hydroxyl groups is 1. The predicted molar refractivity (Wildman–Crippen MR) is 64.4 cm³/mol. The summed E-state index contributed by atoms with van der Waals surface area (Å²) in [6, 6.07) is 5.34. The maximum absolute atomic E-state index is 8.77. The van der Waals surface area contributed by atoms with E-state index in [1.54, 1.807) is 6.07 Å². The molecule has 0 aliphatic rings.